The van der Waals surface area contributed by atoms with Crippen LogP contribution in [0.3, 0.4) is 0 Å². The van der Waals surface area contributed by atoms with Gasteiger partial charge in [0.05, 0.1) is 19.3 Å². The predicted molar refractivity (Wildman–Crippen MR) is 61.0 cm³/mol. The molecule has 0 aromatic rings. The second-order valence-corrected chi connectivity index (χ2v) is 4.57. The molecular formula is C11H24N2O2. The van der Waals surface area contributed by atoms with Crippen LogP contribution in [0.4, 0.5) is 0 Å². The van der Waals surface area contributed by atoms with Gasteiger partial charge < -0.3 is 14.7 Å². The van der Waals surface area contributed by atoms with Crippen molar-refractivity contribution in [3.05, 3.63) is 0 Å². The summed E-state index contributed by atoms with van der Waals surface area (Å²) >= 11 is 0. The molecule has 1 aliphatic heterocycles. The predicted octanol–water partition coefficient (Wildman–Crippen LogP) is 0.0197. The molecular weight excluding hydrogens is 192 g/mol. The number of ether oxygens (including phenoxy) is 1. The number of aliphatic hydroxyl groups is 1. The van der Waals surface area contributed by atoms with Crippen LogP contribution >= 0.6 is 0 Å². The molecule has 0 bridgehead atoms. The normalized spacial score (nSPS) is 24.0. The van der Waals surface area contributed by atoms with Crippen LogP contribution < -0.4 is 0 Å². The highest BCUT2D eigenvalue weighted by atomic mass is 16.5. The molecule has 4 heteroatoms. The summed E-state index contributed by atoms with van der Waals surface area (Å²) in [4.78, 5) is 4.56. The molecule has 0 aromatic heterocycles. The van der Waals surface area contributed by atoms with E-state index in [-0.39, 0.29) is 12.7 Å². The van der Waals surface area contributed by atoms with Crippen LogP contribution in [0.1, 0.15) is 13.8 Å². The minimum absolute atomic E-state index is 0.219. The minimum Gasteiger partial charge on any atom is -0.395 e. The maximum Gasteiger partial charge on any atom is 0.0829 e. The number of rotatable bonds is 5. The summed E-state index contributed by atoms with van der Waals surface area (Å²) in [6.07, 6.45) is 0.290. The Bertz CT molecular complexity index is 176. The van der Waals surface area contributed by atoms with E-state index >= 15 is 0 Å². The van der Waals surface area contributed by atoms with Gasteiger partial charge in [0.15, 0.2) is 0 Å². The van der Waals surface area contributed by atoms with Gasteiger partial charge in [-0.05, 0) is 20.9 Å². The molecule has 4 nitrogen and oxygen atoms in total. The SMILES string of the molecule is CC(C)N1CCOC(CN(C)CCO)C1. The average molecular weight is 216 g/mol. The maximum absolute atomic E-state index is 8.81. The van der Waals surface area contributed by atoms with E-state index in [0.29, 0.717) is 6.04 Å². The van der Waals surface area contributed by atoms with Crippen molar-refractivity contribution in [1.29, 1.82) is 0 Å². The van der Waals surface area contributed by atoms with E-state index in [9.17, 15) is 0 Å². The Balaban J connectivity index is 2.29. The summed E-state index contributed by atoms with van der Waals surface area (Å²) in [7, 11) is 2.02. The van der Waals surface area contributed by atoms with Gasteiger partial charge in [-0.15, -0.1) is 0 Å². The zero-order valence-electron chi connectivity index (χ0n) is 10.1. The summed E-state index contributed by atoms with van der Waals surface area (Å²) < 4.78 is 5.71. The van der Waals surface area contributed by atoms with Gasteiger partial charge in [0, 0.05) is 32.2 Å². The van der Waals surface area contributed by atoms with Crippen molar-refractivity contribution in [2.75, 3.05) is 46.4 Å². The average Bonchev–Trinajstić information content (AvgIpc) is 2.18. The maximum atomic E-state index is 8.81. The first-order chi connectivity index (χ1) is 7.13. The molecule has 1 aliphatic rings. The lowest BCUT2D eigenvalue weighted by Gasteiger charge is -2.36. The lowest BCUT2D eigenvalue weighted by molar-refractivity contribution is -0.0504. The van der Waals surface area contributed by atoms with Crippen molar-refractivity contribution in [2.45, 2.75) is 26.0 Å². The molecule has 1 N–H and O–H groups in total. The van der Waals surface area contributed by atoms with Gasteiger partial charge in [-0.1, -0.05) is 0 Å². The van der Waals surface area contributed by atoms with E-state index in [1.807, 2.05) is 7.05 Å². The van der Waals surface area contributed by atoms with Gasteiger partial charge >= 0.3 is 0 Å². The molecule has 1 atom stereocenters. The first kappa shape index (κ1) is 12.9. The Kier molecular flexibility index (Phi) is 5.53. The van der Waals surface area contributed by atoms with Gasteiger partial charge in [0.25, 0.3) is 0 Å². The lowest BCUT2D eigenvalue weighted by Crippen LogP contribution is -2.49. The molecule has 0 spiro atoms. The molecule has 1 heterocycles. The molecule has 0 saturated carbocycles. The van der Waals surface area contributed by atoms with Crippen LogP contribution in [0.5, 0.6) is 0 Å². The summed E-state index contributed by atoms with van der Waals surface area (Å²) in [6, 6.07) is 0.597. The smallest absolute Gasteiger partial charge is 0.0829 e. The number of nitrogens with zero attached hydrogens (tertiary/aromatic N) is 2. The Morgan fingerprint density at radius 1 is 1.53 bits per heavy atom. The highest BCUT2D eigenvalue weighted by molar-refractivity contribution is 4.75. The molecule has 0 amide bonds. The molecule has 0 aliphatic carbocycles. The van der Waals surface area contributed by atoms with Crippen molar-refractivity contribution in [3.63, 3.8) is 0 Å². The van der Waals surface area contributed by atoms with E-state index in [4.69, 9.17) is 9.84 Å². The van der Waals surface area contributed by atoms with Crippen LogP contribution in [-0.2, 0) is 4.74 Å². The van der Waals surface area contributed by atoms with E-state index in [2.05, 4.69) is 23.6 Å². The zero-order valence-corrected chi connectivity index (χ0v) is 10.1. The topological polar surface area (TPSA) is 35.9 Å². The van der Waals surface area contributed by atoms with Crippen LogP contribution in [-0.4, -0.2) is 73.5 Å². The number of morpholine rings is 1. The lowest BCUT2D eigenvalue weighted by atomic mass is 10.2. The van der Waals surface area contributed by atoms with Gasteiger partial charge in [0.2, 0.25) is 0 Å². The fourth-order valence-electron chi connectivity index (χ4n) is 1.93. The van der Waals surface area contributed by atoms with E-state index in [1.165, 1.54) is 0 Å². The first-order valence-electron chi connectivity index (χ1n) is 5.78. The Labute approximate surface area is 92.8 Å². The largest absolute Gasteiger partial charge is 0.395 e. The highest BCUT2D eigenvalue weighted by Crippen LogP contribution is 2.09. The second kappa shape index (κ2) is 6.43. The fourth-order valence-corrected chi connectivity index (χ4v) is 1.93. The zero-order chi connectivity index (χ0) is 11.3. The van der Waals surface area contributed by atoms with E-state index in [1.54, 1.807) is 0 Å². The molecule has 1 rings (SSSR count). The number of aliphatic hydroxyl groups excluding tert-OH is 1. The molecule has 90 valence electrons. The number of likely N-dealkylation sites (N-methyl/N-ethyl adjacent to an activating group) is 1. The summed E-state index contributed by atoms with van der Waals surface area (Å²) in [5.74, 6) is 0. The Morgan fingerprint density at radius 3 is 2.87 bits per heavy atom. The van der Waals surface area contributed by atoms with Crippen molar-refractivity contribution in [2.24, 2.45) is 0 Å². The van der Waals surface area contributed by atoms with Crippen LogP contribution in [0.25, 0.3) is 0 Å². The monoisotopic (exact) mass is 216 g/mol. The van der Waals surface area contributed by atoms with Gasteiger partial charge in [-0.2, -0.15) is 0 Å². The molecule has 0 radical (unpaired) electrons. The van der Waals surface area contributed by atoms with Gasteiger partial charge in [-0.3, -0.25) is 4.90 Å². The third kappa shape index (κ3) is 4.47. The van der Waals surface area contributed by atoms with E-state index < -0.39 is 0 Å². The molecule has 1 unspecified atom stereocenters. The molecule has 1 saturated heterocycles. The Morgan fingerprint density at radius 2 is 2.27 bits per heavy atom. The minimum atomic E-state index is 0.219. The summed E-state index contributed by atoms with van der Waals surface area (Å²) in [5.41, 5.74) is 0. The third-order valence-electron chi connectivity index (χ3n) is 2.90. The Hall–Kier alpha value is -0.160. The third-order valence-corrected chi connectivity index (χ3v) is 2.90. The summed E-state index contributed by atoms with van der Waals surface area (Å²) in [5, 5.41) is 8.81. The van der Waals surface area contributed by atoms with E-state index in [0.717, 1.165) is 32.8 Å². The quantitative estimate of drug-likeness (QED) is 0.703. The summed E-state index contributed by atoms with van der Waals surface area (Å²) in [6.45, 7) is 9.17. The van der Waals surface area contributed by atoms with Gasteiger partial charge in [-0.25, -0.2) is 0 Å². The van der Waals surface area contributed by atoms with Crippen LogP contribution in [0.15, 0.2) is 0 Å². The van der Waals surface area contributed by atoms with Crippen molar-refractivity contribution < 1.29 is 9.84 Å². The van der Waals surface area contributed by atoms with Crippen molar-refractivity contribution in [1.82, 2.24) is 9.80 Å². The fraction of sp³-hybridized carbons (Fsp3) is 1.00. The van der Waals surface area contributed by atoms with Crippen LogP contribution in [0, 0.1) is 0 Å². The van der Waals surface area contributed by atoms with Crippen molar-refractivity contribution in [3.8, 4) is 0 Å². The first-order valence-corrected chi connectivity index (χ1v) is 5.78. The molecule has 1 fully saturated rings. The number of hydrogen-bond donors (Lipinski definition) is 1. The van der Waals surface area contributed by atoms with Gasteiger partial charge in [0.1, 0.15) is 0 Å². The second-order valence-electron chi connectivity index (χ2n) is 4.57. The number of hydrogen-bond acceptors (Lipinski definition) is 4. The molecule has 15 heavy (non-hydrogen) atoms. The highest BCUT2D eigenvalue weighted by Gasteiger charge is 2.22. The molecule has 0 aromatic carbocycles. The standard InChI is InChI=1S/C11H24N2O2/c1-10(2)13-5-7-15-11(9-13)8-12(3)4-6-14/h10-11,14H,4-9H2,1-3H3. The van der Waals surface area contributed by atoms with Crippen molar-refractivity contribution >= 4 is 0 Å². The van der Waals surface area contributed by atoms with Crippen LogP contribution in [0.2, 0.25) is 0 Å².